The average molecular weight is 265 g/mol. The molecule has 2 aromatic rings. The summed E-state index contributed by atoms with van der Waals surface area (Å²) in [6.45, 7) is 5.65. The highest BCUT2D eigenvalue weighted by molar-refractivity contribution is 5.71. The molecule has 1 aliphatic heterocycles. The number of benzene rings is 2. The smallest absolute Gasteiger partial charge is 0.0378 e. The quantitative estimate of drug-likeness (QED) is 0.831. The second-order valence-electron chi connectivity index (χ2n) is 6.20. The molecule has 0 unspecified atom stereocenters. The van der Waals surface area contributed by atoms with Crippen LogP contribution < -0.4 is 5.32 Å². The maximum Gasteiger partial charge on any atom is 0.0378 e. The fourth-order valence-corrected chi connectivity index (χ4v) is 2.99. The van der Waals surface area contributed by atoms with Gasteiger partial charge < -0.3 is 5.32 Å². The lowest BCUT2D eigenvalue weighted by Crippen LogP contribution is -2.11. The zero-order valence-corrected chi connectivity index (χ0v) is 12.4. The van der Waals surface area contributed by atoms with Gasteiger partial charge in [-0.1, -0.05) is 50.2 Å². The number of nitrogens with one attached hydrogen (secondary N) is 1. The van der Waals surface area contributed by atoms with E-state index in [0.717, 1.165) is 13.0 Å². The molecule has 0 atom stereocenters. The first-order chi connectivity index (χ1) is 9.72. The highest BCUT2D eigenvalue weighted by Gasteiger charge is 2.09. The van der Waals surface area contributed by atoms with E-state index in [0.29, 0.717) is 5.92 Å². The van der Waals surface area contributed by atoms with Gasteiger partial charge >= 0.3 is 0 Å². The highest BCUT2D eigenvalue weighted by Crippen LogP contribution is 2.29. The molecule has 1 heterocycles. The second-order valence-corrected chi connectivity index (χ2v) is 6.20. The first-order valence-corrected chi connectivity index (χ1v) is 7.68. The Morgan fingerprint density at radius 1 is 1.05 bits per heavy atom. The molecule has 0 bridgehead atoms. The lowest BCUT2D eigenvalue weighted by molar-refractivity contribution is 0.647. The molecular formula is C19H23N. The van der Waals surface area contributed by atoms with Crippen LogP contribution in [-0.4, -0.2) is 6.54 Å². The summed E-state index contributed by atoms with van der Waals surface area (Å²) >= 11 is 0. The molecule has 104 valence electrons. The molecule has 0 saturated carbocycles. The van der Waals surface area contributed by atoms with Crippen molar-refractivity contribution in [2.75, 3.05) is 11.9 Å². The van der Waals surface area contributed by atoms with Crippen LogP contribution in [0.5, 0.6) is 0 Å². The Labute approximate surface area is 122 Å². The van der Waals surface area contributed by atoms with E-state index >= 15 is 0 Å². The third-order valence-corrected chi connectivity index (χ3v) is 3.95. The summed E-state index contributed by atoms with van der Waals surface area (Å²) in [5.74, 6) is 0.704. The van der Waals surface area contributed by atoms with Crippen molar-refractivity contribution in [2.24, 2.45) is 5.92 Å². The van der Waals surface area contributed by atoms with Gasteiger partial charge in [0.15, 0.2) is 0 Å². The monoisotopic (exact) mass is 265 g/mol. The minimum atomic E-state index is 0.704. The van der Waals surface area contributed by atoms with Gasteiger partial charge in [0.1, 0.15) is 0 Å². The molecule has 0 saturated heterocycles. The first kappa shape index (κ1) is 13.2. The van der Waals surface area contributed by atoms with E-state index in [1.54, 1.807) is 0 Å². The molecule has 0 spiro atoms. The van der Waals surface area contributed by atoms with Crippen LogP contribution in [0.1, 0.15) is 31.4 Å². The van der Waals surface area contributed by atoms with Gasteiger partial charge in [-0.05, 0) is 53.5 Å². The third kappa shape index (κ3) is 2.87. The lowest BCUT2D eigenvalue weighted by Gasteiger charge is -2.19. The second kappa shape index (κ2) is 5.70. The third-order valence-electron chi connectivity index (χ3n) is 3.95. The highest BCUT2D eigenvalue weighted by atomic mass is 14.9. The van der Waals surface area contributed by atoms with E-state index in [4.69, 9.17) is 0 Å². The van der Waals surface area contributed by atoms with Crippen molar-refractivity contribution in [3.63, 3.8) is 0 Å². The Balaban J connectivity index is 1.92. The van der Waals surface area contributed by atoms with Crippen molar-refractivity contribution < 1.29 is 0 Å². The number of rotatable bonds is 3. The minimum absolute atomic E-state index is 0.704. The summed E-state index contributed by atoms with van der Waals surface area (Å²) < 4.78 is 0. The van der Waals surface area contributed by atoms with Gasteiger partial charge in [-0.25, -0.2) is 0 Å². The molecule has 20 heavy (non-hydrogen) atoms. The van der Waals surface area contributed by atoms with Gasteiger partial charge in [0.05, 0.1) is 0 Å². The van der Waals surface area contributed by atoms with E-state index in [1.165, 1.54) is 40.8 Å². The predicted molar refractivity (Wildman–Crippen MR) is 87.2 cm³/mol. The summed E-state index contributed by atoms with van der Waals surface area (Å²) in [7, 11) is 0. The molecule has 1 aliphatic rings. The molecule has 0 fully saturated rings. The summed E-state index contributed by atoms with van der Waals surface area (Å²) in [6, 6.07) is 15.8. The van der Waals surface area contributed by atoms with Gasteiger partial charge in [-0.3, -0.25) is 0 Å². The molecule has 0 amide bonds. The molecule has 0 radical (unpaired) electrons. The largest absolute Gasteiger partial charge is 0.385 e. The molecule has 1 N–H and O–H groups in total. The maximum absolute atomic E-state index is 3.52. The number of anilines is 1. The molecule has 1 nitrogen and oxygen atoms in total. The summed E-state index contributed by atoms with van der Waals surface area (Å²) in [6.07, 6.45) is 3.60. The standard InChI is InChI=1S/C19H23N/c1-14(2)11-15-5-3-6-17(12-15)18-9-8-16-7-4-10-20-19(16)13-18/h3,5-6,8-9,12-14,20H,4,7,10-11H2,1-2H3. The predicted octanol–water partition coefficient (Wildman–Crippen LogP) is 4.91. The van der Waals surface area contributed by atoms with Gasteiger partial charge in [0.25, 0.3) is 0 Å². The van der Waals surface area contributed by atoms with Crippen LogP contribution in [-0.2, 0) is 12.8 Å². The SMILES string of the molecule is CC(C)Cc1cccc(-c2ccc3c(c2)NCCC3)c1. The van der Waals surface area contributed by atoms with Gasteiger partial charge in [-0.2, -0.15) is 0 Å². The maximum atomic E-state index is 3.52. The van der Waals surface area contributed by atoms with Crippen LogP contribution >= 0.6 is 0 Å². The summed E-state index contributed by atoms with van der Waals surface area (Å²) in [4.78, 5) is 0. The van der Waals surface area contributed by atoms with Crippen LogP contribution in [0.15, 0.2) is 42.5 Å². The van der Waals surface area contributed by atoms with Crippen LogP contribution in [0, 0.1) is 5.92 Å². The first-order valence-electron chi connectivity index (χ1n) is 7.68. The van der Waals surface area contributed by atoms with Crippen LogP contribution in [0.2, 0.25) is 0 Å². The molecule has 3 rings (SSSR count). The fraction of sp³-hybridized carbons (Fsp3) is 0.368. The molecule has 2 aromatic carbocycles. The molecule has 1 heteroatoms. The van der Waals surface area contributed by atoms with E-state index < -0.39 is 0 Å². The van der Waals surface area contributed by atoms with E-state index in [1.807, 2.05) is 0 Å². The van der Waals surface area contributed by atoms with Crippen molar-refractivity contribution in [3.05, 3.63) is 53.6 Å². The Kier molecular flexibility index (Phi) is 3.77. The van der Waals surface area contributed by atoms with Crippen molar-refractivity contribution >= 4 is 5.69 Å². The number of fused-ring (bicyclic) bond motifs is 1. The summed E-state index contributed by atoms with van der Waals surface area (Å²) in [5.41, 5.74) is 6.87. The van der Waals surface area contributed by atoms with Gasteiger partial charge in [0.2, 0.25) is 0 Å². The van der Waals surface area contributed by atoms with E-state index in [2.05, 4.69) is 61.6 Å². The molecule has 0 aromatic heterocycles. The van der Waals surface area contributed by atoms with E-state index in [-0.39, 0.29) is 0 Å². The van der Waals surface area contributed by atoms with Crippen molar-refractivity contribution in [1.82, 2.24) is 0 Å². The Hall–Kier alpha value is -1.76. The number of hydrogen-bond donors (Lipinski definition) is 1. The van der Waals surface area contributed by atoms with Crippen molar-refractivity contribution in [2.45, 2.75) is 33.1 Å². The zero-order valence-electron chi connectivity index (χ0n) is 12.4. The van der Waals surface area contributed by atoms with Crippen molar-refractivity contribution in [1.29, 1.82) is 0 Å². The van der Waals surface area contributed by atoms with E-state index in [9.17, 15) is 0 Å². The van der Waals surface area contributed by atoms with Crippen LogP contribution in [0.25, 0.3) is 11.1 Å². The Morgan fingerprint density at radius 2 is 1.90 bits per heavy atom. The molecule has 0 aliphatic carbocycles. The number of hydrogen-bond acceptors (Lipinski definition) is 1. The fourth-order valence-electron chi connectivity index (χ4n) is 2.99. The van der Waals surface area contributed by atoms with Gasteiger partial charge in [0, 0.05) is 12.2 Å². The topological polar surface area (TPSA) is 12.0 Å². The lowest BCUT2D eigenvalue weighted by atomic mass is 9.95. The van der Waals surface area contributed by atoms with Gasteiger partial charge in [-0.15, -0.1) is 0 Å². The van der Waals surface area contributed by atoms with Crippen LogP contribution in [0.4, 0.5) is 5.69 Å². The van der Waals surface area contributed by atoms with Crippen LogP contribution in [0.3, 0.4) is 0 Å². The Bertz CT molecular complexity index is 598. The molecular weight excluding hydrogens is 242 g/mol. The Morgan fingerprint density at radius 3 is 2.75 bits per heavy atom. The average Bonchev–Trinajstić information content (AvgIpc) is 2.46. The minimum Gasteiger partial charge on any atom is -0.385 e. The van der Waals surface area contributed by atoms with Crippen molar-refractivity contribution in [3.8, 4) is 11.1 Å². The zero-order chi connectivity index (χ0) is 13.9. The summed E-state index contributed by atoms with van der Waals surface area (Å²) in [5, 5.41) is 3.52. The normalized spacial score (nSPS) is 13.9. The number of aryl methyl sites for hydroxylation is 1.